The van der Waals surface area contributed by atoms with Gasteiger partial charge in [0.15, 0.2) is 15.2 Å². The average Bonchev–Trinajstić information content (AvgIpc) is 3.60. The number of fused-ring (bicyclic) bond motifs is 1. The van der Waals surface area contributed by atoms with Crippen LogP contribution in [0.25, 0.3) is 0 Å². The second-order valence-corrected chi connectivity index (χ2v) is 11.4. The number of thioether (sulfide) groups is 2. The summed E-state index contributed by atoms with van der Waals surface area (Å²) in [6, 6.07) is -1.05. The highest BCUT2D eigenvalue weighted by molar-refractivity contribution is 8.01. The number of oxime groups is 1. The minimum absolute atomic E-state index is 0.0211. The summed E-state index contributed by atoms with van der Waals surface area (Å²) < 4.78 is 5.43. The van der Waals surface area contributed by atoms with Gasteiger partial charge in [-0.05, 0) is 12.5 Å². The van der Waals surface area contributed by atoms with Gasteiger partial charge in [-0.25, -0.2) is 14.6 Å². The monoisotopic (exact) mass is 613 g/mol. The first-order valence-corrected chi connectivity index (χ1v) is 14.7. The van der Waals surface area contributed by atoms with Crippen molar-refractivity contribution in [3.63, 3.8) is 0 Å². The molecule has 0 radical (unpaired) electrons. The summed E-state index contributed by atoms with van der Waals surface area (Å²) in [4.78, 5) is 70.8. The molecule has 1 saturated heterocycles. The van der Waals surface area contributed by atoms with Crippen LogP contribution in [0.2, 0.25) is 0 Å². The van der Waals surface area contributed by atoms with Crippen molar-refractivity contribution in [3.8, 4) is 0 Å². The van der Waals surface area contributed by atoms with E-state index >= 15 is 0 Å². The fraction of sp³-hybridized carbons (Fsp3) is 0.350. The lowest BCUT2D eigenvalue weighted by Crippen LogP contribution is -2.71. The van der Waals surface area contributed by atoms with Gasteiger partial charge in [0.2, 0.25) is 13.0 Å². The molecule has 2 aliphatic rings. The molecular weight excluding hydrogens is 595 g/mol. The molecule has 1 unspecified atom stereocenters. The molecular formula is C20H19N7O8S4. The van der Waals surface area contributed by atoms with E-state index in [0.29, 0.717) is 27.8 Å². The third kappa shape index (κ3) is 6.54. The van der Waals surface area contributed by atoms with Gasteiger partial charge in [0.25, 0.3) is 11.8 Å². The van der Waals surface area contributed by atoms with Gasteiger partial charge in [-0.15, -0.1) is 33.3 Å². The number of anilines is 1. The summed E-state index contributed by atoms with van der Waals surface area (Å²) in [5.74, 6) is -2.78. The number of aliphatic carboxylic acids is 1. The number of rotatable bonds is 13. The number of carbonyl (C=O) groups excluding carboxylic acids is 4. The number of carboxylic acids is 1. The van der Waals surface area contributed by atoms with Crippen molar-refractivity contribution >= 4 is 87.2 Å². The van der Waals surface area contributed by atoms with Crippen LogP contribution in [0.4, 0.5) is 5.13 Å². The second-order valence-electron chi connectivity index (χ2n) is 7.43. The molecule has 206 valence electrons. The topological polar surface area (TPSA) is 202 Å². The summed E-state index contributed by atoms with van der Waals surface area (Å²) in [6.07, 6.45) is 0.410. The third-order valence-corrected chi connectivity index (χ3v) is 9.09. The van der Waals surface area contributed by atoms with E-state index in [1.54, 1.807) is 12.4 Å². The van der Waals surface area contributed by atoms with Crippen LogP contribution in [0.5, 0.6) is 0 Å². The second kappa shape index (κ2) is 13.0. The number of carbonyl (C=O) groups is 5. The molecule has 4 rings (SSSR count). The summed E-state index contributed by atoms with van der Waals surface area (Å²) >= 11 is 4.96. The summed E-state index contributed by atoms with van der Waals surface area (Å²) in [5, 5.41) is 27.1. The number of hydrogen-bond donors (Lipinski definition) is 3. The number of esters is 1. The molecule has 2 aromatic rings. The largest absolute Gasteiger partial charge is 0.477 e. The third-order valence-electron chi connectivity index (χ3n) is 5.03. The Bertz CT molecular complexity index is 1330. The van der Waals surface area contributed by atoms with Gasteiger partial charge in [-0.3, -0.25) is 19.3 Å². The fourth-order valence-electron chi connectivity index (χ4n) is 3.43. The molecule has 39 heavy (non-hydrogen) atoms. The number of amides is 3. The molecule has 2 aliphatic heterocycles. The van der Waals surface area contributed by atoms with Gasteiger partial charge in [0.1, 0.15) is 28.3 Å². The van der Waals surface area contributed by atoms with Gasteiger partial charge in [-0.2, -0.15) is 0 Å². The lowest BCUT2D eigenvalue weighted by molar-refractivity contribution is -0.150. The standard InChI is InChI=1S/C20H19N7O8S4/c1-2-34-11(29)3-35-26-12(10-6-37-19(23-10)21-7-28)15(30)24-13-16(31)27-14(18(32)33)9(4-36-17(13)27)5-38-20-25-22-8-39-20/h6-8,13,17H,2-5H2,1H3,(H,24,30)(H,32,33)(H,21,23,28)/t13?,17-/m1/s1. The molecule has 19 heteroatoms. The maximum atomic E-state index is 13.2. The molecule has 4 heterocycles. The maximum Gasteiger partial charge on any atom is 0.352 e. The van der Waals surface area contributed by atoms with E-state index in [9.17, 15) is 29.1 Å². The van der Waals surface area contributed by atoms with Crippen molar-refractivity contribution in [2.24, 2.45) is 5.16 Å². The molecule has 1 fully saturated rings. The van der Waals surface area contributed by atoms with Gasteiger partial charge >= 0.3 is 11.9 Å². The first kappa shape index (κ1) is 28.5. The Morgan fingerprint density at radius 2 is 2.18 bits per heavy atom. The van der Waals surface area contributed by atoms with Crippen LogP contribution >= 0.6 is 46.2 Å². The van der Waals surface area contributed by atoms with Crippen LogP contribution in [0, 0.1) is 0 Å². The van der Waals surface area contributed by atoms with Crippen molar-refractivity contribution < 1.29 is 38.7 Å². The van der Waals surface area contributed by atoms with Crippen molar-refractivity contribution in [3.05, 3.63) is 27.9 Å². The number of nitrogens with zero attached hydrogens (tertiary/aromatic N) is 5. The van der Waals surface area contributed by atoms with Crippen LogP contribution in [-0.2, 0) is 33.5 Å². The number of β-lactam (4-membered cyclic amide) rings is 1. The van der Waals surface area contributed by atoms with Crippen molar-refractivity contribution in [2.75, 3.05) is 30.0 Å². The molecule has 2 aromatic heterocycles. The van der Waals surface area contributed by atoms with E-state index in [0.717, 1.165) is 16.2 Å². The molecule has 15 nitrogen and oxygen atoms in total. The molecule has 0 saturated carbocycles. The lowest BCUT2D eigenvalue weighted by Gasteiger charge is -2.49. The van der Waals surface area contributed by atoms with E-state index in [1.807, 2.05) is 0 Å². The van der Waals surface area contributed by atoms with Crippen LogP contribution in [0.15, 0.2) is 31.7 Å². The number of hydrogen-bond acceptors (Lipinski definition) is 15. The Kier molecular flexibility index (Phi) is 9.49. The molecule has 0 spiro atoms. The van der Waals surface area contributed by atoms with Gasteiger partial charge in [0, 0.05) is 16.9 Å². The predicted molar refractivity (Wildman–Crippen MR) is 141 cm³/mol. The zero-order chi connectivity index (χ0) is 27.9. The highest BCUT2D eigenvalue weighted by Crippen LogP contribution is 2.41. The highest BCUT2D eigenvalue weighted by Gasteiger charge is 2.54. The number of thiazole rings is 1. The number of aromatic nitrogens is 3. The molecule has 0 bridgehead atoms. The first-order valence-electron chi connectivity index (χ1n) is 11.0. The Balaban J connectivity index is 1.49. The SMILES string of the molecule is CCOC(=O)CON=C(C(=O)NC1C(=O)N2C(C(=O)O)=C(CSc3nncs3)CS[C@H]12)c1csc(NC=O)n1. The van der Waals surface area contributed by atoms with E-state index in [2.05, 4.69) is 31.0 Å². The minimum atomic E-state index is -1.25. The zero-order valence-corrected chi connectivity index (χ0v) is 23.2. The molecule has 0 aromatic carbocycles. The van der Waals surface area contributed by atoms with Gasteiger partial charge < -0.3 is 25.3 Å². The Morgan fingerprint density at radius 3 is 2.87 bits per heavy atom. The van der Waals surface area contributed by atoms with E-state index < -0.39 is 41.8 Å². The minimum Gasteiger partial charge on any atom is -0.477 e. The normalized spacial score (nSPS) is 18.6. The first-order chi connectivity index (χ1) is 18.8. The van der Waals surface area contributed by atoms with Crippen LogP contribution in [0.3, 0.4) is 0 Å². The molecule has 3 amide bonds. The maximum absolute atomic E-state index is 13.2. The molecule has 3 N–H and O–H groups in total. The van der Waals surface area contributed by atoms with Gasteiger partial charge in [0.05, 0.1) is 6.61 Å². The fourth-order valence-corrected chi connectivity index (χ4v) is 7.06. The summed E-state index contributed by atoms with van der Waals surface area (Å²) in [6.45, 7) is 1.17. The quantitative estimate of drug-likeness (QED) is 0.0699. The number of nitrogens with one attached hydrogen (secondary N) is 2. The van der Waals surface area contributed by atoms with Crippen molar-refractivity contribution in [1.29, 1.82) is 0 Å². The molecule has 2 atom stereocenters. The Morgan fingerprint density at radius 1 is 1.36 bits per heavy atom. The average molecular weight is 614 g/mol. The zero-order valence-electron chi connectivity index (χ0n) is 19.9. The van der Waals surface area contributed by atoms with Crippen molar-refractivity contribution in [1.82, 2.24) is 25.4 Å². The van der Waals surface area contributed by atoms with Gasteiger partial charge in [-0.1, -0.05) is 28.3 Å². The number of ether oxygens (including phenoxy) is 1. The Hall–Kier alpha value is -3.55. The van der Waals surface area contributed by atoms with Crippen molar-refractivity contribution in [2.45, 2.75) is 22.7 Å². The number of carboxylic acid groups (broad SMARTS) is 1. The summed E-state index contributed by atoms with van der Waals surface area (Å²) in [5.41, 5.74) is 1.66. The molecule has 0 aliphatic carbocycles. The van der Waals surface area contributed by atoms with E-state index in [1.165, 1.54) is 40.2 Å². The smallest absolute Gasteiger partial charge is 0.352 e. The highest BCUT2D eigenvalue weighted by atomic mass is 32.2. The van der Waals surface area contributed by atoms with Crippen LogP contribution in [0.1, 0.15) is 12.6 Å². The van der Waals surface area contributed by atoms with Crippen LogP contribution in [-0.4, -0.2) is 97.2 Å². The van der Waals surface area contributed by atoms with Crippen LogP contribution < -0.4 is 10.6 Å². The Labute approximate surface area is 236 Å². The predicted octanol–water partition coefficient (Wildman–Crippen LogP) is 0.378. The summed E-state index contributed by atoms with van der Waals surface area (Å²) in [7, 11) is 0. The van der Waals surface area contributed by atoms with E-state index in [4.69, 9.17) is 9.57 Å². The lowest BCUT2D eigenvalue weighted by atomic mass is 10.0. The van der Waals surface area contributed by atoms with E-state index in [-0.39, 0.29) is 28.8 Å².